The van der Waals surface area contributed by atoms with Crippen LogP contribution in [0.25, 0.3) is 21.5 Å². The molecule has 0 radical (unpaired) electrons. The zero-order chi connectivity index (χ0) is 57.5. The van der Waals surface area contributed by atoms with Gasteiger partial charge in [-0.05, 0) is 51.1 Å². The van der Waals surface area contributed by atoms with Gasteiger partial charge in [0.2, 0.25) is 10.5 Å². The Kier molecular flexibility index (Phi) is 15.9. The Bertz CT molecular complexity index is 3860. The van der Waals surface area contributed by atoms with Crippen molar-refractivity contribution >= 4 is 120 Å². The summed E-state index contributed by atoms with van der Waals surface area (Å²) in [5.41, 5.74) is 3.84. The Labute approximate surface area is 466 Å². The first-order valence-electron chi connectivity index (χ1n) is 25.4. The molecule has 2 atom stereocenters. The fourth-order valence-electron chi connectivity index (χ4n) is 9.96. The number of nitrogens with one attached hydrogen (secondary N) is 4. The molecule has 6 heterocycles. The predicted molar refractivity (Wildman–Crippen MR) is 304 cm³/mol. The SMILES string of the molecule is C[Si](C)(CCCNC(=O)COCC(=O)ON)O[Si]1(O[Si](C)(C)CCCNC(=O)NCC(S(=O)(=O)NO)S(=O)(=O)ON)n2c3c4ccccc4c2/N=C2N=C(/N=c4/c5ccccc5/c(n41)=N/C1=NC(=N\3)/c3ccccc31)c1ccccc1\2. The topological polar surface area (TPSA) is 370 Å². The molecular formula is C49H56N14O13S2Si3. The second-order valence-corrected chi connectivity index (χ2v) is 35.8. The van der Waals surface area contributed by atoms with Crippen LogP contribution in [0.15, 0.2) is 127 Å². The van der Waals surface area contributed by atoms with E-state index in [-0.39, 0.29) is 19.5 Å². The number of carbonyl (C=O) groups is 3. The maximum absolute atomic E-state index is 13.2. The van der Waals surface area contributed by atoms with Crippen LogP contribution < -0.4 is 43.6 Å². The molecular weight excluding hydrogens is 1140 g/mol. The summed E-state index contributed by atoms with van der Waals surface area (Å²) in [5.74, 6) is 10.9. The number of hydrogen-bond donors (Lipinski definition) is 7. The van der Waals surface area contributed by atoms with Crippen molar-refractivity contribution in [1.29, 1.82) is 0 Å². The Morgan fingerprint density at radius 1 is 0.605 bits per heavy atom. The highest BCUT2D eigenvalue weighted by atomic mass is 32.3. The summed E-state index contributed by atoms with van der Waals surface area (Å²) < 4.78 is 76.4. The fourth-order valence-corrected chi connectivity index (χ4v) is 24.9. The second kappa shape index (κ2) is 22.6. The van der Waals surface area contributed by atoms with Crippen molar-refractivity contribution in [1.82, 2.24) is 29.3 Å². The van der Waals surface area contributed by atoms with E-state index in [9.17, 15) is 36.4 Å². The lowest BCUT2D eigenvalue weighted by Crippen LogP contribution is -2.70. The number of fused-ring (bicyclic) bond motifs is 14. The van der Waals surface area contributed by atoms with Crippen LogP contribution in [0.2, 0.25) is 38.3 Å². The van der Waals surface area contributed by atoms with Crippen molar-refractivity contribution < 1.29 is 58.5 Å². The van der Waals surface area contributed by atoms with Gasteiger partial charge in [-0.25, -0.2) is 48.0 Å². The normalized spacial score (nSPS) is 18.8. The van der Waals surface area contributed by atoms with Crippen molar-refractivity contribution in [3.05, 3.63) is 130 Å². The summed E-state index contributed by atoms with van der Waals surface area (Å²) in [6, 6.07) is 30.9. The van der Waals surface area contributed by atoms with E-state index in [2.05, 4.69) is 38.2 Å². The van der Waals surface area contributed by atoms with Crippen LogP contribution >= 0.6 is 0 Å². The molecule has 2 aromatic heterocycles. The van der Waals surface area contributed by atoms with Gasteiger partial charge in [-0.15, -0.1) is 0 Å². The van der Waals surface area contributed by atoms with Crippen LogP contribution in [-0.2, 0) is 51.8 Å². The molecule has 4 aromatic carbocycles. The number of benzene rings is 4. The van der Waals surface area contributed by atoms with Gasteiger partial charge in [0.1, 0.15) is 35.8 Å². The number of aliphatic imine (C=N–C) groups is 4. The van der Waals surface area contributed by atoms with E-state index in [0.717, 1.165) is 27.1 Å². The van der Waals surface area contributed by atoms with E-state index < -0.39 is 87.9 Å². The monoisotopic (exact) mass is 1200 g/mol. The van der Waals surface area contributed by atoms with Gasteiger partial charge in [0.05, 0.1) is 6.54 Å². The number of nitrogens with two attached hydrogens (primary N) is 2. The number of carbonyl (C=O) groups excluding carboxylic acids is 3. The molecule has 2 unspecified atom stereocenters. The highest BCUT2D eigenvalue weighted by Crippen LogP contribution is 2.45. The van der Waals surface area contributed by atoms with Crippen LogP contribution in [0.1, 0.15) is 35.1 Å². The molecule has 0 spiro atoms. The third-order valence-electron chi connectivity index (χ3n) is 13.6. The Balaban J connectivity index is 1.15. The number of urea groups is 1. The molecule has 4 aliphatic heterocycles. The highest BCUT2D eigenvalue weighted by molar-refractivity contribution is 8.06. The maximum Gasteiger partial charge on any atom is 0.582 e. The van der Waals surface area contributed by atoms with Gasteiger partial charge in [0, 0.05) is 56.9 Å². The molecule has 0 saturated carbocycles. The van der Waals surface area contributed by atoms with Crippen LogP contribution in [0.5, 0.6) is 0 Å². The standard InChI is InChI=1S/C49H56N14O13S2Si3/c1-79(2,25-13-23-52-38(64)28-72-29-39(65)73-50)75-81(76-80(3,4)26-14-24-53-49(66)54-27-40(77(68,69)61-67)78(70,71)74-51)62-45-34-19-9-10-20-35(34)47(62)59-43-32-17-7-8-18-33(32)44(56-43)60-48-37-22-12-11-21-36(37)46(63(48)81)58-42-31-16-6-5-15-30(31)41(55-42)57-45/h5-12,15-22,40,61,67H,13-14,23-29,50-51H2,1-4H3,(H,52,64)(H2,53,54,66)/b57-41-,57-45?,58-42?,58-46-,59-43-,59-47?,60-44?,60-48-. The molecule has 424 valence electrons. The van der Waals surface area contributed by atoms with Crippen LogP contribution in [-0.4, -0.2) is 135 Å². The molecule has 32 heteroatoms. The number of sulfonamides is 1. The largest absolute Gasteiger partial charge is 0.582 e. The lowest BCUT2D eigenvalue weighted by atomic mass is 10.1. The first-order chi connectivity index (χ1) is 38.7. The van der Waals surface area contributed by atoms with Gasteiger partial charge < -0.3 is 39.0 Å². The lowest BCUT2D eigenvalue weighted by Gasteiger charge is -2.43. The molecule has 9 N–H and O–H groups in total. The summed E-state index contributed by atoms with van der Waals surface area (Å²) in [7, 11) is -21.1. The van der Waals surface area contributed by atoms with Crippen LogP contribution in [0.3, 0.4) is 0 Å². The minimum Gasteiger partial charge on any atom is -0.404 e. The molecule has 6 bridgehead atoms. The zero-order valence-corrected chi connectivity index (χ0v) is 48.7. The minimum atomic E-state index is -5.01. The number of nitrogens with zero attached hydrogens (tertiary/aromatic N) is 8. The van der Waals surface area contributed by atoms with E-state index in [0.29, 0.717) is 86.0 Å². The first-order valence-corrected chi connectivity index (χ1v) is 36.3. The van der Waals surface area contributed by atoms with Crippen molar-refractivity contribution in [2.75, 3.05) is 32.8 Å². The molecule has 10 rings (SSSR count). The predicted octanol–water partition coefficient (Wildman–Crippen LogP) is 2.30. The van der Waals surface area contributed by atoms with E-state index in [1.54, 1.807) is 0 Å². The molecule has 0 fully saturated rings. The summed E-state index contributed by atoms with van der Waals surface area (Å²) in [6.07, 6.45) is 0.735. The minimum absolute atomic E-state index is 0.000892. The van der Waals surface area contributed by atoms with E-state index in [1.165, 1.54) is 0 Å². The molecule has 0 aliphatic carbocycles. The lowest BCUT2D eigenvalue weighted by molar-refractivity contribution is -0.150. The molecule has 0 saturated heterocycles. The van der Waals surface area contributed by atoms with Crippen molar-refractivity contribution in [3.8, 4) is 0 Å². The van der Waals surface area contributed by atoms with Crippen molar-refractivity contribution in [2.24, 2.45) is 41.7 Å². The second-order valence-electron chi connectivity index (χ2n) is 20.2. The molecule has 81 heavy (non-hydrogen) atoms. The number of amides is 3. The van der Waals surface area contributed by atoms with Crippen LogP contribution in [0, 0.1) is 0 Å². The Morgan fingerprint density at radius 2 is 1.05 bits per heavy atom. The highest BCUT2D eigenvalue weighted by Gasteiger charge is 2.58. The smallest absolute Gasteiger partial charge is 0.404 e. The Hall–Kier alpha value is -7.32. The van der Waals surface area contributed by atoms with Crippen LogP contribution in [0.4, 0.5) is 16.4 Å². The summed E-state index contributed by atoms with van der Waals surface area (Å²) in [5, 5.41) is 19.7. The van der Waals surface area contributed by atoms with Gasteiger partial charge in [0.25, 0.3) is 10.0 Å². The quantitative estimate of drug-likeness (QED) is 0.0291. The summed E-state index contributed by atoms with van der Waals surface area (Å²) >= 11 is 0. The van der Waals surface area contributed by atoms with E-state index in [4.69, 9.17) is 54.7 Å². The van der Waals surface area contributed by atoms with Gasteiger partial charge in [0.15, 0.2) is 40.0 Å². The number of aromatic nitrogens is 2. The van der Waals surface area contributed by atoms with Gasteiger partial charge in [-0.3, -0.25) is 13.3 Å². The summed E-state index contributed by atoms with van der Waals surface area (Å²) in [4.78, 5) is 75.1. The molecule has 27 nitrogen and oxygen atoms in total. The van der Waals surface area contributed by atoms with E-state index in [1.807, 2.05) is 119 Å². The maximum atomic E-state index is 13.2. The molecule has 4 aliphatic rings. The fraction of sp³-hybridized carbons (Fsp3) is 0.286. The zero-order valence-electron chi connectivity index (χ0n) is 44.1. The number of rotatable bonds is 22. The summed E-state index contributed by atoms with van der Waals surface area (Å²) in [6.45, 7) is 6.47. The van der Waals surface area contributed by atoms with Crippen molar-refractivity contribution in [3.63, 3.8) is 0 Å². The van der Waals surface area contributed by atoms with Gasteiger partial charge in [-0.2, -0.15) is 24.5 Å². The number of hydrogen-bond acceptors (Lipinski definition) is 21. The molecule has 3 amide bonds. The van der Waals surface area contributed by atoms with E-state index >= 15 is 0 Å². The van der Waals surface area contributed by atoms with Gasteiger partial charge >= 0.3 is 31.0 Å². The number of ether oxygens (including phenoxy) is 1. The Morgan fingerprint density at radius 3 is 1.51 bits per heavy atom. The third-order valence-corrected chi connectivity index (χ3v) is 28.9. The van der Waals surface area contributed by atoms with Crippen molar-refractivity contribution in [2.45, 2.75) is 55.7 Å². The number of amidine groups is 4. The third kappa shape index (κ3) is 11.2. The average molecular weight is 1200 g/mol. The van der Waals surface area contributed by atoms with Gasteiger partial charge in [-0.1, -0.05) is 102 Å². The first kappa shape index (κ1) is 56.9. The average Bonchev–Trinajstić information content (AvgIpc) is 4.38. The molecule has 6 aromatic rings.